The van der Waals surface area contributed by atoms with Gasteiger partial charge in [-0.25, -0.2) is 9.18 Å². The summed E-state index contributed by atoms with van der Waals surface area (Å²) in [6, 6.07) is 12.3. The van der Waals surface area contributed by atoms with Gasteiger partial charge in [-0.2, -0.15) is 5.10 Å². The van der Waals surface area contributed by atoms with E-state index in [0.29, 0.717) is 11.3 Å². The van der Waals surface area contributed by atoms with E-state index in [1.54, 1.807) is 12.1 Å². The van der Waals surface area contributed by atoms with Crippen LogP contribution in [0.5, 0.6) is 0 Å². The van der Waals surface area contributed by atoms with Crippen molar-refractivity contribution in [2.75, 3.05) is 31.1 Å². The predicted octanol–water partition coefficient (Wildman–Crippen LogP) is 3.77. The first kappa shape index (κ1) is 21.8. The molecule has 4 rings (SSSR count). The maximum atomic E-state index is 14.9. The van der Waals surface area contributed by atoms with Crippen molar-refractivity contribution in [2.24, 2.45) is 5.10 Å². The molecule has 2 aromatic rings. The van der Waals surface area contributed by atoms with Crippen LogP contribution in [-0.4, -0.2) is 55.5 Å². The quantitative estimate of drug-likeness (QED) is 0.697. The maximum absolute atomic E-state index is 14.9. The molecular formula is C24H27FN4O3. The van der Waals surface area contributed by atoms with E-state index >= 15 is 0 Å². The van der Waals surface area contributed by atoms with Gasteiger partial charge in [0.15, 0.2) is 0 Å². The summed E-state index contributed by atoms with van der Waals surface area (Å²) < 4.78 is 20.1. The summed E-state index contributed by atoms with van der Waals surface area (Å²) in [5, 5.41) is 9.24. The van der Waals surface area contributed by atoms with Gasteiger partial charge in [-0.3, -0.25) is 14.7 Å². The van der Waals surface area contributed by atoms with Gasteiger partial charge < -0.3 is 10.1 Å². The van der Waals surface area contributed by atoms with E-state index in [9.17, 15) is 14.0 Å². The monoisotopic (exact) mass is 438 g/mol. The smallest absolute Gasteiger partial charge is 0.414 e. The number of hydrogen-bond acceptors (Lipinski definition) is 5. The third-order valence-corrected chi connectivity index (χ3v) is 5.64. The lowest BCUT2D eigenvalue weighted by Crippen LogP contribution is -2.33. The fourth-order valence-corrected chi connectivity index (χ4v) is 3.89. The van der Waals surface area contributed by atoms with E-state index in [-0.39, 0.29) is 19.0 Å². The second kappa shape index (κ2) is 9.80. The van der Waals surface area contributed by atoms with Gasteiger partial charge in [0.2, 0.25) is 5.91 Å². The molecular weight excluding hydrogens is 411 g/mol. The number of halogens is 1. The summed E-state index contributed by atoms with van der Waals surface area (Å²) in [4.78, 5) is 24.6. The zero-order chi connectivity index (χ0) is 22.5. The first-order valence-electron chi connectivity index (χ1n) is 10.9. The summed E-state index contributed by atoms with van der Waals surface area (Å²) >= 11 is 0. The molecule has 2 aromatic carbocycles. The number of carbonyl (C=O) groups excluding carboxylic acids is 2. The molecule has 32 heavy (non-hydrogen) atoms. The van der Waals surface area contributed by atoms with Crippen molar-refractivity contribution < 1.29 is 18.7 Å². The fraction of sp³-hybridized carbons (Fsp3) is 0.375. The van der Waals surface area contributed by atoms with Gasteiger partial charge in [0, 0.05) is 25.6 Å². The van der Waals surface area contributed by atoms with E-state index < -0.39 is 18.0 Å². The molecule has 2 amide bonds. The highest BCUT2D eigenvalue weighted by Crippen LogP contribution is 2.29. The van der Waals surface area contributed by atoms with Gasteiger partial charge in [-0.1, -0.05) is 24.3 Å². The number of ether oxygens (including phenoxy) is 1. The van der Waals surface area contributed by atoms with Crippen LogP contribution in [-0.2, 0) is 9.53 Å². The third kappa shape index (κ3) is 5.25. The number of carbonyl (C=O) groups is 2. The Morgan fingerprint density at radius 3 is 2.62 bits per heavy atom. The predicted molar refractivity (Wildman–Crippen MR) is 121 cm³/mol. The first-order valence-corrected chi connectivity index (χ1v) is 10.9. The molecule has 8 heteroatoms. The third-order valence-electron chi connectivity index (χ3n) is 5.64. The van der Waals surface area contributed by atoms with Crippen LogP contribution in [0.2, 0.25) is 0 Å². The Morgan fingerprint density at radius 2 is 1.94 bits per heavy atom. The second-order valence-electron chi connectivity index (χ2n) is 8.10. The number of hydrogen-bond donors (Lipinski definition) is 1. The van der Waals surface area contributed by atoms with Gasteiger partial charge in [-0.15, -0.1) is 0 Å². The van der Waals surface area contributed by atoms with Crippen LogP contribution in [0, 0.1) is 5.82 Å². The summed E-state index contributed by atoms with van der Waals surface area (Å²) in [5.74, 6) is -0.617. The van der Waals surface area contributed by atoms with Crippen LogP contribution >= 0.6 is 0 Å². The summed E-state index contributed by atoms with van der Waals surface area (Å²) in [5.41, 5.74) is 2.58. The van der Waals surface area contributed by atoms with Crippen molar-refractivity contribution in [1.29, 1.82) is 0 Å². The Bertz CT molecular complexity index is 1000. The van der Waals surface area contributed by atoms with Gasteiger partial charge in [0.25, 0.3) is 0 Å². The molecule has 2 fully saturated rings. The molecule has 2 aliphatic heterocycles. The Morgan fingerprint density at radius 1 is 1.19 bits per heavy atom. The minimum atomic E-state index is -0.551. The average Bonchev–Trinajstić information content (AvgIpc) is 3.18. The van der Waals surface area contributed by atoms with Gasteiger partial charge in [0.05, 0.1) is 25.0 Å². The summed E-state index contributed by atoms with van der Waals surface area (Å²) in [7, 11) is 0. The van der Waals surface area contributed by atoms with Gasteiger partial charge in [0.1, 0.15) is 11.9 Å². The largest absolute Gasteiger partial charge is 0.442 e. The number of piperidine rings is 1. The molecule has 0 radical (unpaired) electrons. The highest BCUT2D eigenvalue weighted by atomic mass is 19.1. The van der Waals surface area contributed by atoms with Crippen LogP contribution < -0.4 is 10.2 Å². The lowest BCUT2D eigenvalue weighted by atomic mass is 10.0. The van der Waals surface area contributed by atoms with Gasteiger partial charge in [-0.05, 0) is 48.6 Å². The zero-order valence-electron chi connectivity index (χ0n) is 18.1. The SMILES string of the molecule is CC(=O)NC[C@H]1CN(c2ccc(-c3ccc(/C=N/N4CCCCC4)cc3)c(F)c2)C(=O)O1. The number of cyclic esters (lactones) is 1. The number of nitrogens with zero attached hydrogens (tertiary/aromatic N) is 3. The Hall–Kier alpha value is -3.42. The molecule has 0 bridgehead atoms. The van der Waals surface area contributed by atoms with Crippen molar-refractivity contribution in [3.05, 3.63) is 53.8 Å². The highest BCUT2D eigenvalue weighted by molar-refractivity contribution is 5.90. The molecule has 0 unspecified atom stereocenters. The van der Waals surface area contributed by atoms with Crippen LogP contribution in [0.15, 0.2) is 47.6 Å². The molecule has 7 nitrogen and oxygen atoms in total. The maximum Gasteiger partial charge on any atom is 0.414 e. The number of hydrazone groups is 1. The number of rotatable bonds is 6. The Labute approximate surface area is 186 Å². The number of amides is 2. The molecule has 168 valence electrons. The Kier molecular flexibility index (Phi) is 6.68. The molecule has 0 aliphatic carbocycles. The Balaban J connectivity index is 1.42. The summed E-state index contributed by atoms with van der Waals surface area (Å²) in [6.45, 7) is 3.86. The molecule has 2 heterocycles. The second-order valence-corrected chi connectivity index (χ2v) is 8.10. The molecule has 0 spiro atoms. The fourth-order valence-electron chi connectivity index (χ4n) is 3.89. The topological polar surface area (TPSA) is 74.2 Å². The van der Waals surface area contributed by atoms with Gasteiger partial charge >= 0.3 is 6.09 Å². The van der Waals surface area contributed by atoms with E-state index in [4.69, 9.17) is 4.74 Å². The van der Waals surface area contributed by atoms with E-state index in [1.807, 2.05) is 30.5 Å². The molecule has 1 atom stereocenters. The average molecular weight is 439 g/mol. The van der Waals surface area contributed by atoms with Crippen LogP contribution in [0.1, 0.15) is 31.7 Å². The lowest BCUT2D eigenvalue weighted by Gasteiger charge is -2.23. The minimum Gasteiger partial charge on any atom is -0.442 e. The van der Waals surface area contributed by atoms with Crippen molar-refractivity contribution in [1.82, 2.24) is 10.3 Å². The molecule has 0 aromatic heterocycles. The molecule has 2 aliphatic rings. The number of anilines is 1. The zero-order valence-corrected chi connectivity index (χ0v) is 18.1. The summed E-state index contributed by atoms with van der Waals surface area (Å²) in [6.07, 6.45) is 4.44. The van der Waals surface area contributed by atoms with E-state index in [1.165, 1.54) is 37.2 Å². The van der Waals surface area contributed by atoms with Crippen molar-refractivity contribution in [2.45, 2.75) is 32.3 Å². The number of nitrogens with one attached hydrogen (secondary N) is 1. The first-order chi connectivity index (χ1) is 15.5. The number of benzene rings is 2. The van der Waals surface area contributed by atoms with E-state index in [0.717, 1.165) is 24.2 Å². The molecule has 0 saturated carbocycles. The lowest BCUT2D eigenvalue weighted by molar-refractivity contribution is -0.119. The standard InChI is InChI=1S/C24H27FN4O3/c1-17(30)26-15-21-16-29(24(31)32-21)20-9-10-22(23(25)13-20)19-7-5-18(6-8-19)14-27-28-11-3-2-4-12-28/h5-10,13-14,21H,2-4,11-12,15-16H2,1H3,(H,26,30)/b27-14+/t21-/m0/s1. The molecule has 2 saturated heterocycles. The van der Waals surface area contributed by atoms with Crippen LogP contribution in [0.3, 0.4) is 0 Å². The van der Waals surface area contributed by atoms with Crippen LogP contribution in [0.4, 0.5) is 14.9 Å². The normalized spacial score (nSPS) is 18.8. The van der Waals surface area contributed by atoms with Crippen molar-refractivity contribution >= 4 is 23.9 Å². The van der Waals surface area contributed by atoms with Crippen molar-refractivity contribution in [3.8, 4) is 11.1 Å². The minimum absolute atomic E-state index is 0.196. The molecule has 1 N–H and O–H groups in total. The highest BCUT2D eigenvalue weighted by Gasteiger charge is 2.32. The van der Waals surface area contributed by atoms with E-state index in [2.05, 4.69) is 15.4 Å². The van der Waals surface area contributed by atoms with Crippen molar-refractivity contribution in [3.63, 3.8) is 0 Å². The van der Waals surface area contributed by atoms with Crippen LogP contribution in [0.25, 0.3) is 11.1 Å².